The molecule has 0 fully saturated rings. The Hall–Kier alpha value is -2.32. The molecule has 0 aliphatic heterocycles. The van der Waals surface area contributed by atoms with Gasteiger partial charge in [-0.15, -0.1) is 11.3 Å². The lowest BCUT2D eigenvalue weighted by molar-refractivity contribution is 0.869. The van der Waals surface area contributed by atoms with Crippen molar-refractivity contribution in [3.05, 3.63) is 60.2 Å². The minimum atomic E-state index is 0.567. The highest BCUT2D eigenvalue weighted by molar-refractivity contribution is 7.26. The van der Waals surface area contributed by atoms with Crippen molar-refractivity contribution in [1.29, 1.82) is 0 Å². The molecule has 0 saturated heterocycles. The number of nitrogens with zero attached hydrogens (tertiary/aromatic N) is 1. The lowest BCUT2D eigenvalue weighted by Crippen LogP contribution is -1.87. The average molecular weight is 329 g/mol. The molecule has 2 heteroatoms. The normalized spacial score (nSPS) is 12.3. The Morgan fingerprint density at radius 3 is 2.46 bits per heavy atom. The number of hydrogen-bond acceptors (Lipinski definition) is 1. The van der Waals surface area contributed by atoms with Crippen LogP contribution in [0.2, 0.25) is 0 Å². The molecular formula is C22H19NS. The maximum atomic E-state index is 2.37. The van der Waals surface area contributed by atoms with E-state index in [-0.39, 0.29) is 0 Å². The third kappa shape index (κ3) is 1.75. The second-order valence-electron chi connectivity index (χ2n) is 6.92. The summed E-state index contributed by atoms with van der Waals surface area (Å²) in [7, 11) is 2.19. The van der Waals surface area contributed by atoms with Crippen LogP contribution in [0.5, 0.6) is 0 Å². The van der Waals surface area contributed by atoms with Gasteiger partial charge >= 0.3 is 0 Å². The minimum Gasteiger partial charge on any atom is -0.343 e. The maximum absolute atomic E-state index is 2.37. The zero-order chi connectivity index (χ0) is 16.4. The lowest BCUT2D eigenvalue weighted by atomic mass is 10.0. The summed E-state index contributed by atoms with van der Waals surface area (Å²) in [6.45, 7) is 4.52. The van der Waals surface area contributed by atoms with Crippen molar-refractivity contribution in [2.75, 3.05) is 0 Å². The summed E-state index contributed by atoms with van der Waals surface area (Å²) in [5.41, 5.74) is 4.08. The lowest BCUT2D eigenvalue weighted by Gasteiger charge is -2.05. The van der Waals surface area contributed by atoms with Crippen molar-refractivity contribution >= 4 is 53.3 Å². The van der Waals surface area contributed by atoms with Crippen LogP contribution in [0.1, 0.15) is 25.3 Å². The summed E-state index contributed by atoms with van der Waals surface area (Å²) in [5, 5.41) is 5.49. The first kappa shape index (κ1) is 14.1. The van der Waals surface area contributed by atoms with Gasteiger partial charge in [-0.1, -0.05) is 50.2 Å². The Morgan fingerprint density at radius 1 is 0.833 bits per heavy atom. The van der Waals surface area contributed by atoms with Crippen LogP contribution in [0, 0.1) is 0 Å². The van der Waals surface area contributed by atoms with Crippen LogP contribution < -0.4 is 0 Å². The molecule has 0 amide bonds. The van der Waals surface area contributed by atoms with E-state index < -0.39 is 0 Å². The van der Waals surface area contributed by atoms with Crippen molar-refractivity contribution in [3.8, 4) is 0 Å². The van der Waals surface area contributed by atoms with Crippen LogP contribution in [0.15, 0.2) is 54.6 Å². The smallest absolute Gasteiger partial charge is 0.0583 e. The molecule has 2 aromatic heterocycles. The minimum absolute atomic E-state index is 0.567. The van der Waals surface area contributed by atoms with Crippen LogP contribution in [-0.2, 0) is 7.05 Å². The van der Waals surface area contributed by atoms with E-state index in [0.717, 1.165) is 0 Å². The van der Waals surface area contributed by atoms with Gasteiger partial charge in [-0.2, -0.15) is 0 Å². The molecule has 0 unspecified atom stereocenters. The molecule has 5 aromatic rings. The van der Waals surface area contributed by atoms with Crippen molar-refractivity contribution < 1.29 is 0 Å². The molecule has 0 radical (unpaired) electrons. The average Bonchev–Trinajstić information content (AvgIpc) is 3.10. The molecule has 118 valence electrons. The third-order valence-electron chi connectivity index (χ3n) is 5.19. The van der Waals surface area contributed by atoms with Gasteiger partial charge in [-0.25, -0.2) is 0 Å². The highest BCUT2D eigenvalue weighted by Crippen LogP contribution is 2.42. The Kier molecular flexibility index (Phi) is 2.84. The fourth-order valence-electron chi connectivity index (χ4n) is 3.91. The van der Waals surface area contributed by atoms with Gasteiger partial charge in [0.1, 0.15) is 0 Å². The summed E-state index contributed by atoms with van der Waals surface area (Å²) >= 11 is 1.91. The molecule has 0 N–H and O–H groups in total. The van der Waals surface area contributed by atoms with Gasteiger partial charge in [0, 0.05) is 43.5 Å². The van der Waals surface area contributed by atoms with Crippen LogP contribution in [0.3, 0.4) is 0 Å². The largest absolute Gasteiger partial charge is 0.343 e. The van der Waals surface area contributed by atoms with E-state index in [1.165, 1.54) is 47.5 Å². The summed E-state index contributed by atoms with van der Waals surface area (Å²) in [4.78, 5) is 0. The van der Waals surface area contributed by atoms with Crippen molar-refractivity contribution in [3.63, 3.8) is 0 Å². The highest BCUT2D eigenvalue weighted by atomic mass is 32.1. The molecule has 1 nitrogen and oxygen atoms in total. The Bertz CT molecular complexity index is 1240. The van der Waals surface area contributed by atoms with E-state index in [1.54, 1.807) is 0 Å². The SMILES string of the molecule is CC(C)c1ccc2c(c1)sc1ccc3c4ccccc4n(C)c3c12. The van der Waals surface area contributed by atoms with Crippen LogP contribution in [0.25, 0.3) is 42.0 Å². The number of benzene rings is 3. The molecule has 24 heavy (non-hydrogen) atoms. The van der Waals surface area contributed by atoms with Gasteiger partial charge in [0.05, 0.1) is 5.52 Å². The molecular weight excluding hydrogens is 310 g/mol. The Labute approximate surface area is 145 Å². The predicted molar refractivity (Wildman–Crippen MR) is 107 cm³/mol. The summed E-state index contributed by atoms with van der Waals surface area (Å²) in [6.07, 6.45) is 0. The van der Waals surface area contributed by atoms with Gasteiger partial charge < -0.3 is 4.57 Å². The molecule has 0 atom stereocenters. The monoisotopic (exact) mass is 329 g/mol. The van der Waals surface area contributed by atoms with Gasteiger partial charge in [-0.05, 0) is 29.7 Å². The summed E-state index contributed by atoms with van der Waals surface area (Å²) in [5.74, 6) is 0.567. The molecule has 0 spiro atoms. The second kappa shape index (κ2) is 4.84. The molecule has 0 saturated carbocycles. The van der Waals surface area contributed by atoms with Crippen molar-refractivity contribution in [2.45, 2.75) is 19.8 Å². The number of aromatic nitrogens is 1. The third-order valence-corrected chi connectivity index (χ3v) is 6.31. The fraction of sp³-hybridized carbons (Fsp3) is 0.182. The molecule has 0 aliphatic carbocycles. The van der Waals surface area contributed by atoms with Gasteiger partial charge in [0.2, 0.25) is 0 Å². The quantitative estimate of drug-likeness (QED) is 0.318. The van der Waals surface area contributed by atoms with E-state index >= 15 is 0 Å². The van der Waals surface area contributed by atoms with Crippen molar-refractivity contribution in [1.82, 2.24) is 4.57 Å². The van der Waals surface area contributed by atoms with Crippen LogP contribution in [-0.4, -0.2) is 4.57 Å². The van der Waals surface area contributed by atoms with Gasteiger partial charge in [0.15, 0.2) is 0 Å². The number of thiophene rings is 1. The van der Waals surface area contributed by atoms with E-state index in [9.17, 15) is 0 Å². The van der Waals surface area contributed by atoms with E-state index in [2.05, 4.69) is 80.1 Å². The standard InChI is InChI=1S/C22H19NS/c1-13(2)14-8-9-17-20(12-14)24-19-11-10-16-15-6-4-5-7-18(15)23(3)22(16)21(17)19/h4-13H,1-3H3. The first-order valence-corrected chi connectivity index (χ1v) is 9.29. The number of para-hydroxylation sites is 1. The topological polar surface area (TPSA) is 4.93 Å². The molecule has 3 aromatic carbocycles. The number of fused-ring (bicyclic) bond motifs is 7. The van der Waals surface area contributed by atoms with Crippen LogP contribution >= 0.6 is 11.3 Å². The zero-order valence-electron chi connectivity index (χ0n) is 14.1. The molecule has 2 heterocycles. The van der Waals surface area contributed by atoms with Gasteiger partial charge in [-0.3, -0.25) is 0 Å². The molecule has 5 rings (SSSR count). The second-order valence-corrected chi connectivity index (χ2v) is 8.01. The zero-order valence-corrected chi connectivity index (χ0v) is 14.9. The van der Waals surface area contributed by atoms with E-state index in [4.69, 9.17) is 0 Å². The first-order chi connectivity index (χ1) is 11.6. The maximum Gasteiger partial charge on any atom is 0.0583 e. The number of rotatable bonds is 1. The van der Waals surface area contributed by atoms with E-state index in [0.29, 0.717) is 5.92 Å². The number of aryl methyl sites for hydroxylation is 1. The summed E-state index contributed by atoms with van der Waals surface area (Å²) in [6, 6.07) is 20.3. The van der Waals surface area contributed by atoms with Gasteiger partial charge in [0.25, 0.3) is 0 Å². The molecule has 0 bridgehead atoms. The Morgan fingerprint density at radius 2 is 1.62 bits per heavy atom. The summed E-state index contributed by atoms with van der Waals surface area (Å²) < 4.78 is 5.13. The fourth-order valence-corrected chi connectivity index (χ4v) is 5.06. The highest BCUT2D eigenvalue weighted by Gasteiger charge is 2.15. The van der Waals surface area contributed by atoms with E-state index in [1.807, 2.05) is 11.3 Å². The predicted octanol–water partition coefficient (Wildman–Crippen LogP) is 6.82. The van der Waals surface area contributed by atoms with Crippen molar-refractivity contribution in [2.24, 2.45) is 7.05 Å². The Balaban J connectivity index is 2.01. The molecule has 0 aliphatic rings. The number of hydrogen-bond donors (Lipinski definition) is 0. The first-order valence-electron chi connectivity index (χ1n) is 8.47. The van der Waals surface area contributed by atoms with Crippen LogP contribution in [0.4, 0.5) is 0 Å².